The molecule has 1 atom stereocenters. The highest BCUT2D eigenvalue weighted by Gasteiger charge is 2.23. The zero-order valence-electron chi connectivity index (χ0n) is 14.0. The fourth-order valence-corrected chi connectivity index (χ4v) is 2.60. The third-order valence-corrected chi connectivity index (χ3v) is 4.21. The Bertz CT molecular complexity index is 878. The molecule has 2 aromatic heterocycles. The van der Waals surface area contributed by atoms with E-state index in [4.69, 9.17) is 11.6 Å². The molecular formula is C18H18ClN5O. The van der Waals surface area contributed by atoms with Gasteiger partial charge in [0.25, 0.3) is 5.91 Å². The molecule has 0 aliphatic rings. The average Bonchev–Trinajstić information content (AvgIpc) is 3.07. The molecule has 128 valence electrons. The smallest absolute Gasteiger partial charge is 0.274 e. The molecule has 0 aliphatic carbocycles. The largest absolute Gasteiger partial charge is 0.348 e. The van der Waals surface area contributed by atoms with Crippen LogP contribution < -0.4 is 5.32 Å². The lowest BCUT2D eigenvalue weighted by Gasteiger charge is -2.12. The van der Waals surface area contributed by atoms with Gasteiger partial charge in [0.2, 0.25) is 0 Å². The maximum absolute atomic E-state index is 12.7. The van der Waals surface area contributed by atoms with Gasteiger partial charge in [-0.15, -0.1) is 5.10 Å². The first-order chi connectivity index (χ1) is 12.1. The molecule has 0 radical (unpaired) electrons. The summed E-state index contributed by atoms with van der Waals surface area (Å²) in [5.74, 6) is -0.272. The maximum atomic E-state index is 12.7. The van der Waals surface area contributed by atoms with Crippen molar-refractivity contribution < 1.29 is 4.79 Å². The normalized spacial score (nSPS) is 12.0. The molecule has 0 aliphatic heterocycles. The summed E-state index contributed by atoms with van der Waals surface area (Å²) in [7, 11) is 0. The van der Waals surface area contributed by atoms with Crippen LogP contribution in [-0.2, 0) is 0 Å². The lowest BCUT2D eigenvalue weighted by atomic mass is 10.1. The van der Waals surface area contributed by atoms with Crippen molar-refractivity contribution in [1.82, 2.24) is 25.3 Å². The van der Waals surface area contributed by atoms with Crippen LogP contribution in [0.15, 0.2) is 48.8 Å². The third kappa shape index (κ3) is 3.53. The van der Waals surface area contributed by atoms with Crippen molar-refractivity contribution in [1.29, 1.82) is 0 Å². The number of amides is 1. The van der Waals surface area contributed by atoms with Crippen LogP contribution in [0.3, 0.4) is 0 Å². The van der Waals surface area contributed by atoms with E-state index in [1.165, 1.54) is 0 Å². The second kappa shape index (κ2) is 7.44. The topological polar surface area (TPSA) is 72.7 Å². The molecule has 0 fully saturated rings. The number of halogens is 1. The minimum atomic E-state index is -0.272. The maximum Gasteiger partial charge on any atom is 0.274 e. The van der Waals surface area contributed by atoms with Gasteiger partial charge in [-0.1, -0.05) is 35.9 Å². The standard InChI is InChI=1S/C18H18ClN5O/c1-3-12(2)21-18(25)16-17(13-7-6-10-20-11-13)24(23-22-16)15-9-5-4-8-14(15)19/h4-12H,3H2,1-2H3,(H,21,25)/t12-/m1/s1. The van der Waals surface area contributed by atoms with Crippen LogP contribution >= 0.6 is 11.6 Å². The monoisotopic (exact) mass is 355 g/mol. The summed E-state index contributed by atoms with van der Waals surface area (Å²) in [5.41, 5.74) is 2.19. The Labute approximate surface area is 150 Å². The molecule has 0 bridgehead atoms. The molecule has 1 N–H and O–H groups in total. The molecule has 0 saturated carbocycles. The van der Waals surface area contributed by atoms with E-state index in [2.05, 4.69) is 20.6 Å². The van der Waals surface area contributed by atoms with Gasteiger partial charge < -0.3 is 5.32 Å². The number of hydrogen-bond acceptors (Lipinski definition) is 4. The van der Waals surface area contributed by atoms with E-state index in [0.717, 1.165) is 12.0 Å². The zero-order chi connectivity index (χ0) is 17.8. The lowest BCUT2D eigenvalue weighted by molar-refractivity contribution is 0.0935. The van der Waals surface area contributed by atoms with Crippen LogP contribution in [0.2, 0.25) is 5.02 Å². The number of para-hydroxylation sites is 1. The van der Waals surface area contributed by atoms with Crippen LogP contribution in [0.5, 0.6) is 0 Å². The van der Waals surface area contributed by atoms with Gasteiger partial charge in [-0.25, -0.2) is 4.68 Å². The van der Waals surface area contributed by atoms with Crippen molar-refractivity contribution in [3.63, 3.8) is 0 Å². The molecule has 0 spiro atoms. The van der Waals surface area contributed by atoms with E-state index in [0.29, 0.717) is 16.4 Å². The minimum Gasteiger partial charge on any atom is -0.348 e. The second-order valence-electron chi connectivity index (χ2n) is 5.67. The summed E-state index contributed by atoms with van der Waals surface area (Å²) < 4.78 is 1.57. The highest BCUT2D eigenvalue weighted by molar-refractivity contribution is 6.32. The Morgan fingerprint density at radius 1 is 1.28 bits per heavy atom. The quantitative estimate of drug-likeness (QED) is 0.760. The summed E-state index contributed by atoms with van der Waals surface area (Å²) in [6.07, 6.45) is 4.17. The van der Waals surface area contributed by atoms with E-state index >= 15 is 0 Å². The average molecular weight is 356 g/mol. The number of hydrogen-bond donors (Lipinski definition) is 1. The molecule has 3 aromatic rings. The van der Waals surface area contributed by atoms with E-state index in [-0.39, 0.29) is 17.6 Å². The Hall–Kier alpha value is -2.73. The van der Waals surface area contributed by atoms with Gasteiger partial charge in [0.05, 0.1) is 10.7 Å². The van der Waals surface area contributed by atoms with E-state index in [1.54, 1.807) is 29.2 Å². The van der Waals surface area contributed by atoms with Crippen LogP contribution in [0.1, 0.15) is 30.8 Å². The molecule has 1 aromatic carbocycles. The van der Waals surface area contributed by atoms with Gasteiger partial charge in [-0.2, -0.15) is 0 Å². The van der Waals surface area contributed by atoms with Crippen molar-refractivity contribution >= 4 is 17.5 Å². The molecule has 25 heavy (non-hydrogen) atoms. The Morgan fingerprint density at radius 2 is 2.08 bits per heavy atom. The van der Waals surface area contributed by atoms with Crippen molar-refractivity contribution in [3.05, 3.63) is 59.5 Å². The van der Waals surface area contributed by atoms with E-state index < -0.39 is 0 Å². The third-order valence-electron chi connectivity index (χ3n) is 3.89. The number of nitrogens with one attached hydrogen (secondary N) is 1. The number of aromatic nitrogens is 4. The number of carbonyl (C=O) groups excluding carboxylic acids is 1. The lowest BCUT2D eigenvalue weighted by Crippen LogP contribution is -2.32. The first-order valence-corrected chi connectivity index (χ1v) is 8.41. The van der Waals surface area contributed by atoms with Gasteiger partial charge in [0, 0.05) is 24.0 Å². The van der Waals surface area contributed by atoms with Crippen molar-refractivity contribution in [3.8, 4) is 16.9 Å². The highest BCUT2D eigenvalue weighted by Crippen LogP contribution is 2.28. The van der Waals surface area contributed by atoms with Crippen molar-refractivity contribution in [2.24, 2.45) is 0 Å². The number of pyridine rings is 1. The second-order valence-corrected chi connectivity index (χ2v) is 6.08. The number of benzene rings is 1. The number of nitrogens with zero attached hydrogens (tertiary/aromatic N) is 4. The fourth-order valence-electron chi connectivity index (χ4n) is 2.38. The van der Waals surface area contributed by atoms with Gasteiger partial charge in [-0.05, 0) is 37.6 Å². The summed E-state index contributed by atoms with van der Waals surface area (Å²) in [6, 6.07) is 11.0. The molecule has 1 amide bonds. The molecular weight excluding hydrogens is 338 g/mol. The Balaban J connectivity index is 2.15. The Kier molecular flexibility index (Phi) is 5.09. The fraction of sp³-hybridized carbons (Fsp3) is 0.222. The highest BCUT2D eigenvalue weighted by atomic mass is 35.5. The SMILES string of the molecule is CC[C@@H](C)NC(=O)c1nnn(-c2ccccc2Cl)c1-c1cccnc1. The number of rotatable bonds is 5. The summed E-state index contributed by atoms with van der Waals surface area (Å²) in [5, 5.41) is 11.7. The molecule has 6 nitrogen and oxygen atoms in total. The molecule has 0 saturated heterocycles. The summed E-state index contributed by atoms with van der Waals surface area (Å²) in [4.78, 5) is 16.8. The molecule has 0 unspecified atom stereocenters. The van der Waals surface area contributed by atoms with Gasteiger partial charge in [-0.3, -0.25) is 9.78 Å². The van der Waals surface area contributed by atoms with Gasteiger partial charge in [0.15, 0.2) is 5.69 Å². The summed E-state index contributed by atoms with van der Waals surface area (Å²) in [6.45, 7) is 3.95. The van der Waals surface area contributed by atoms with Gasteiger partial charge >= 0.3 is 0 Å². The van der Waals surface area contributed by atoms with Crippen LogP contribution in [0.25, 0.3) is 16.9 Å². The van der Waals surface area contributed by atoms with Gasteiger partial charge in [0.1, 0.15) is 5.69 Å². The molecule has 2 heterocycles. The first kappa shape index (κ1) is 17.1. The van der Waals surface area contributed by atoms with Crippen molar-refractivity contribution in [2.75, 3.05) is 0 Å². The number of carbonyl (C=O) groups is 1. The Morgan fingerprint density at radius 3 is 2.76 bits per heavy atom. The first-order valence-electron chi connectivity index (χ1n) is 8.03. The van der Waals surface area contributed by atoms with Crippen molar-refractivity contribution in [2.45, 2.75) is 26.3 Å². The predicted octanol–water partition coefficient (Wildman–Crippen LogP) is 3.51. The van der Waals surface area contributed by atoms with E-state index in [1.807, 2.05) is 38.1 Å². The van der Waals surface area contributed by atoms with Crippen LogP contribution in [0, 0.1) is 0 Å². The van der Waals surface area contributed by atoms with E-state index in [9.17, 15) is 4.79 Å². The minimum absolute atomic E-state index is 0.0414. The van der Waals surface area contributed by atoms with Crippen LogP contribution in [0.4, 0.5) is 0 Å². The summed E-state index contributed by atoms with van der Waals surface area (Å²) >= 11 is 6.31. The predicted molar refractivity (Wildman–Crippen MR) is 96.8 cm³/mol. The molecule has 3 rings (SSSR count). The molecule has 7 heteroatoms. The zero-order valence-corrected chi connectivity index (χ0v) is 14.7. The van der Waals surface area contributed by atoms with Crippen LogP contribution in [-0.4, -0.2) is 31.9 Å².